The Morgan fingerprint density at radius 1 is 1.11 bits per heavy atom. The average molecular weight is 389 g/mol. The standard InChI is InChI=1S/C21H24FNO5/c1-13(9-14-5-4-6-16(22)10-14)21(26)23-17(12-20(24)25)15-7-8-18(27-2)19(11-15)28-3/h4-8,10-11,13,17H,9,12H2,1-3H3,(H,23,26)(H,24,25). The van der Waals surface area contributed by atoms with Crippen LogP contribution in [0.5, 0.6) is 11.5 Å². The van der Waals surface area contributed by atoms with Gasteiger partial charge in [-0.2, -0.15) is 0 Å². The number of amides is 1. The predicted octanol–water partition coefficient (Wildman–Crippen LogP) is 3.35. The number of carbonyl (C=O) groups is 2. The van der Waals surface area contributed by atoms with Crippen LogP contribution in [0.3, 0.4) is 0 Å². The number of carboxylic acid groups (broad SMARTS) is 1. The van der Waals surface area contributed by atoms with Crippen molar-refractivity contribution in [2.24, 2.45) is 5.92 Å². The highest BCUT2D eigenvalue weighted by atomic mass is 19.1. The normalized spacial score (nSPS) is 12.7. The van der Waals surface area contributed by atoms with Crippen molar-refractivity contribution in [2.75, 3.05) is 14.2 Å². The van der Waals surface area contributed by atoms with Crippen LogP contribution in [-0.4, -0.2) is 31.2 Å². The number of methoxy groups -OCH3 is 2. The van der Waals surface area contributed by atoms with Gasteiger partial charge >= 0.3 is 5.97 Å². The minimum absolute atomic E-state index is 0.284. The number of aliphatic carboxylic acids is 1. The first kappa shape index (κ1) is 21.2. The van der Waals surface area contributed by atoms with E-state index < -0.39 is 17.9 Å². The molecule has 0 radical (unpaired) electrons. The summed E-state index contributed by atoms with van der Waals surface area (Å²) in [5.74, 6) is -1.23. The number of hydrogen-bond donors (Lipinski definition) is 2. The zero-order valence-electron chi connectivity index (χ0n) is 16.1. The molecule has 0 bridgehead atoms. The van der Waals surface area contributed by atoms with E-state index in [9.17, 15) is 19.1 Å². The van der Waals surface area contributed by atoms with Crippen LogP contribution in [0.15, 0.2) is 42.5 Å². The summed E-state index contributed by atoms with van der Waals surface area (Å²) >= 11 is 0. The van der Waals surface area contributed by atoms with Crippen LogP contribution in [0.1, 0.15) is 30.5 Å². The van der Waals surface area contributed by atoms with Crippen molar-refractivity contribution in [3.05, 3.63) is 59.4 Å². The molecule has 2 N–H and O–H groups in total. The molecular weight excluding hydrogens is 365 g/mol. The lowest BCUT2D eigenvalue weighted by Crippen LogP contribution is -2.35. The average Bonchev–Trinajstić information content (AvgIpc) is 2.66. The zero-order valence-corrected chi connectivity index (χ0v) is 16.1. The molecule has 28 heavy (non-hydrogen) atoms. The molecule has 2 aromatic carbocycles. The van der Waals surface area contributed by atoms with Gasteiger partial charge in [-0.3, -0.25) is 9.59 Å². The van der Waals surface area contributed by atoms with E-state index in [2.05, 4.69) is 5.32 Å². The van der Waals surface area contributed by atoms with Gasteiger partial charge in [-0.05, 0) is 41.8 Å². The fourth-order valence-electron chi connectivity index (χ4n) is 2.92. The summed E-state index contributed by atoms with van der Waals surface area (Å²) in [6.07, 6.45) is 0.0588. The fourth-order valence-corrected chi connectivity index (χ4v) is 2.92. The van der Waals surface area contributed by atoms with Gasteiger partial charge in [0.25, 0.3) is 0 Å². The highest BCUT2D eigenvalue weighted by Gasteiger charge is 2.23. The van der Waals surface area contributed by atoms with E-state index in [0.29, 0.717) is 29.0 Å². The molecule has 0 aliphatic heterocycles. The van der Waals surface area contributed by atoms with Crippen molar-refractivity contribution < 1.29 is 28.6 Å². The Morgan fingerprint density at radius 2 is 1.82 bits per heavy atom. The molecule has 0 saturated carbocycles. The first-order valence-electron chi connectivity index (χ1n) is 8.82. The number of carboxylic acids is 1. The molecule has 0 aromatic heterocycles. The number of ether oxygens (including phenoxy) is 2. The Kier molecular flexibility index (Phi) is 7.37. The van der Waals surface area contributed by atoms with Crippen molar-refractivity contribution in [1.29, 1.82) is 0 Å². The first-order valence-corrected chi connectivity index (χ1v) is 8.82. The van der Waals surface area contributed by atoms with Crippen molar-refractivity contribution >= 4 is 11.9 Å². The molecule has 0 saturated heterocycles. The summed E-state index contributed by atoms with van der Waals surface area (Å²) in [5, 5.41) is 12.0. The summed E-state index contributed by atoms with van der Waals surface area (Å²) < 4.78 is 23.8. The van der Waals surface area contributed by atoms with Gasteiger partial charge in [0.15, 0.2) is 11.5 Å². The molecule has 0 spiro atoms. The molecule has 0 heterocycles. The van der Waals surface area contributed by atoms with E-state index in [1.807, 2.05) is 0 Å². The molecule has 0 fully saturated rings. The Morgan fingerprint density at radius 3 is 2.43 bits per heavy atom. The lowest BCUT2D eigenvalue weighted by Gasteiger charge is -2.21. The van der Waals surface area contributed by atoms with Gasteiger partial charge in [0, 0.05) is 5.92 Å². The highest BCUT2D eigenvalue weighted by molar-refractivity contribution is 5.80. The second-order valence-corrected chi connectivity index (χ2v) is 6.51. The van der Waals surface area contributed by atoms with Gasteiger partial charge in [-0.15, -0.1) is 0 Å². The fraction of sp³-hybridized carbons (Fsp3) is 0.333. The number of carbonyl (C=O) groups excluding carboxylic acids is 1. The third-order valence-electron chi connectivity index (χ3n) is 4.38. The quantitative estimate of drug-likeness (QED) is 0.687. The summed E-state index contributed by atoms with van der Waals surface area (Å²) in [7, 11) is 2.98. The molecule has 2 unspecified atom stereocenters. The number of benzene rings is 2. The van der Waals surface area contributed by atoms with E-state index in [1.165, 1.54) is 26.4 Å². The topological polar surface area (TPSA) is 84.9 Å². The zero-order chi connectivity index (χ0) is 20.7. The molecular formula is C21H24FNO5. The van der Waals surface area contributed by atoms with Crippen molar-refractivity contribution in [2.45, 2.75) is 25.8 Å². The molecule has 2 rings (SSSR count). The Balaban J connectivity index is 2.16. The molecule has 7 heteroatoms. The first-order chi connectivity index (χ1) is 13.3. The lowest BCUT2D eigenvalue weighted by atomic mass is 9.98. The third kappa shape index (κ3) is 5.70. The maximum atomic E-state index is 13.3. The van der Waals surface area contributed by atoms with E-state index in [0.717, 1.165) is 0 Å². The van der Waals surface area contributed by atoms with Crippen molar-refractivity contribution in [3.63, 3.8) is 0 Å². The molecule has 1 amide bonds. The van der Waals surface area contributed by atoms with E-state index in [4.69, 9.17) is 9.47 Å². The number of rotatable bonds is 9. The molecule has 0 aliphatic carbocycles. The Labute approximate surface area is 163 Å². The lowest BCUT2D eigenvalue weighted by molar-refractivity contribution is -0.137. The maximum Gasteiger partial charge on any atom is 0.305 e. The van der Waals surface area contributed by atoms with Crippen molar-refractivity contribution in [3.8, 4) is 11.5 Å². The molecule has 2 atom stereocenters. The smallest absolute Gasteiger partial charge is 0.305 e. The minimum Gasteiger partial charge on any atom is -0.493 e. The van der Waals surface area contributed by atoms with Gasteiger partial charge in [0.1, 0.15) is 5.82 Å². The van der Waals surface area contributed by atoms with E-state index in [1.54, 1.807) is 37.3 Å². The largest absolute Gasteiger partial charge is 0.493 e. The predicted molar refractivity (Wildman–Crippen MR) is 102 cm³/mol. The second-order valence-electron chi connectivity index (χ2n) is 6.51. The second kappa shape index (κ2) is 9.73. The molecule has 6 nitrogen and oxygen atoms in total. The Hall–Kier alpha value is -3.09. The van der Waals surface area contributed by atoms with Crippen LogP contribution >= 0.6 is 0 Å². The Bertz CT molecular complexity index is 839. The van der Waals surface area contributed by atoms with Crippen LogP contribution in [0.25, 0.3) is 0 Å². The summed E-state index contributed by atoms with van der Waals surface area (Å²) in [6, 6.07) is 10.3. The van der Waals surface area contributed by atoms with Crippen LogP contribution in [0.4, 0.5) is 4.39 Å². The molecule has 2 aromatic rings. The number of hydrogen-bond acceptors (Lipinski definition) is 4. The van der Waals surface area contributed by atoms with Crippen LogP contribution in [-0.2, 0) is 16.0 Å². The van der Waals surface area contributed by atoms with Gasteiger partial charge in [0.05, 0.1) is 26.7 Å². The third-order valence-corrected chi connectivity index (χ3v) is 4.38. The van der Waals surface area contributed by atoms with Crippen LogP contribution in [0.2, 0.25) is 0 Å². The van der Waals surface area contributed by atoms with Crippen LogP contribution in [0, 0.1) is 11.7 Å². The SMILES string of the molecule is COc1ccc(C(CC(=O)O)NC(=O)C(C)Cc2cccc(F)c2)cc1OC. The summed E-state index contributed by atoms with van der Waals surface area (Å²) in [6.45, 7) is 1.71. The van der Waals surface area contributed by atoms with E-state index in [-0.39, 0.29) is 18.1 Å². The monoisotopic (exact) mass is 389 g/mol. The van der Waals surface area contributed by atoms with E-state index >= 15 is 0 Å². The maximum absolute atomic E-state index is 13.3. The number of halogens is 1. The molecule has 0 aliphatic rings. The van der Waals surface area contributed by atoms with Crippen molar-refractivity contribution in [1.82, 2.24) is 5.32 Å². The van der Waals surface area contributed by atoms with Gasteiger partial charge in [-0.1, -0.05) is 25.1 Å². The van der Waals surface area contributed by atoms with Crippen LogP contribution < -0.4 is 14.8 Å². The molecule has 150 valence electrons. The van der Waals surface area contributed by atoms with Gasteiger partial charge in [0.2, 0.25) is 5.91 Å². The van der Waals surface area contributed by atoms with Gasteiger partial charge in [-0.25, -0.2) is 4.39 Å². The van der Waals surface area contributed by atoms with Gasteiger partial charge < -0.3 is 19.9 Å². The summed E-state index contributed by atoms with van der Waals surface area (Å²) in [5.41, 5.74) is 1.29. The minimum atomic E-state index is -1.04. The number of nitrogens with one attached hydrogen (secondary N) is 1. The highest BCUT2D eigenvalue weighted by Crippen LogP contribution is 2.31. The summed E-state index contributed by atoms with van der Waals surface area (Å²) in [4.78, 5) is 23.9.